The van der Waals surface area contributed by atoms with Crippen molar-refractivity contribution in [2.75, 3.05) is 4.90 Å². The highest BCUT2D eigenvalue weighted by atomic mass is 15.1. The van der Waals surface area contributed by atoms with Crippen LogP contribution in [-0.4, -0.2) is 0 Å². The van der Waals surface area contributed by atoms with Crippen molar-refractivity contribution in [3.05, 3.63) is 249 Å². The zero-order valence-corrected chi connectivity index (χ0v) is 32.6. The van der Waals surface area contributed by atoms with E-state index in [4.69, 9.17) is 0 Å². The molecule has 0 aliphatic heterocycles. The van der Waals surface area contributed by atoms with Gasteiger partial charge in [-0.1, -0.05) is 218 Å². The van der Waals surface area contributed by atoms with E-state index in [0.717, 1.165) is 22.6 Å². The molecule has 0 aliphatic carbocycles. The quantitative estimate of drug-likeness (QED) is 0.142. The summed E-state index contributed by atoms with van der Waals surface area (Å²) in [5, 5.41) is 2.39. The zero-order chi connectivity index (χ0) is 39.4. The van der Waals surface area contributed by atoms with Crippen molar-refractivity contribution in [1.82, 2.24) is 0 Å². The van der Waals surface area contributed by atoms with Gasteiger partial charge in [-0.15, -0.1) is 0 Å². The summed E-state index contributed by atoms with van der Waals surface area (Å²) in [6.07, 6.45) is 0. The van der Waals surface area contributed by atoms with Crippen molar-refractivity contribution >= 4 is 27.8 Å². The molecule has 0 unspecified atom stereocenters. The van der Waals surface area contributed by atoms with Gasteiger partial charge in [-0.2, -0.15) is 0 Å². The van der Waals surface area contributed by atoms with Gasteiger partial charge in [0, 0.05) is 16.6 Å². The summed E-state index contributed by atoms with van der Waals surface area (Å²) >= 11 is 0. The van der Waals surface area contributed by atoms with Gasteiger partial charge in [-0.05, 0) is 96.9 Å². The molecule has 0 bridgehead atoms. The van der Waals surface area contributed by atoms with Crippen molar-refractivity contribution in [3.8, 4) is 66.8 Å². The molecule has 0 aromatic heterocycles. The molecule has 0 amide bonds. The first-order valence-electron chi connectivity index (χ1n) is 20.3. The summed E-state index contributed by atoms with van der Waals surface area (Å²) in [6.45, 7) is 0. The minimum absolute atomic E-state index is 1.09. The molecule has 0 atom stereocenters. The minimum atomic E-state index is 1.09. The molecule has 0 saturated heterocycles. The number of anilines is 3. The molecular weight excluding hydrogens is 711 g/mol. The summed E-state index contributed by atoms with van der Waals surface area (Å²) in [7, 11) is 0. The van der Waals surface area contributed by atoms with Crippen LogP contribution in [0.3, 0.4) is 0 Å². The van der Waals surface area contributed by atoms with E-state index in [9.17, 15) is 0 Å². The summed E-state index contributed by atoms with van der Waals surface area (Å²) in [5.74, 6) is 0. The molecule has 1 nitrogen and oxygen atoms in total. The lowest BCUT2D eigenvalue weighted by Gasteiger charge is -2.30. The van der Waals surface area contributed by atoms with Gasteiger partial charge in [-0.25, -0.2) is 0 Å². The van der Waals surface area contributed by atoms with Gasteiger partial charge in [0.1, 0.15) is 0 Å². The predicted molar refractivity (Wildman–Crippen MR) is 251 cm³/mol. The second-order valence-electron chi connectivity index (χ2n) is 14.9. The number of rotatable bonds is 9. The molecule has 278 valence electrons. The molecule has 59 heavy (non-hydrogen) atoms. The normalized spacial score (nSPS) is 11.1. The van der Waals surface area contributed by atoms with E-state index in [2.05, 4.69) is 254 Å². The third kappa shape index (κ3) is 7.12. The van der Waals surface area contributed by atoms with Gasteiger partial charge >= 0.3 is 0 Å². The highest BCUT2D eigenvalue weighted by Gasteiger charge is 2.22. The lowest BCUT2D eigenvalue weighted by Crippen LogP contribution is -2.12. The molecule has 0 N–H and O–H groups in total. The Morgan fingerprint density at radius 2 is 0.644 bits per heavy atom. The Labute approximate surface area is 346 Å². The number of fused-ring (bicyclic) bond motifs is 1. The topological polar surface area (TPSA) is 3.24 Å². The van der Waals surface area contributed by atoms with Gasteiger partial charge in [0.25, 0.3) is 0 Å². The molecule has 10 aromatic rings. The summed E-state index contributed by atoms with van der Waals surface area (Å²) in [4.78, 5) is 2.45. The van der Waals surface area contributed by atoms with E-state index < -0.39 is 0 Å². The Bertz CT molecular complexity index is 3000. The fourth-order valence-electron chi connectivity index (χ4n) is 8.40. The fraction of sp³-hybridized carbons (Fsp3) is 0. The van der Waals surface area contributed by atoms with Crippen molar-refractivity contribution in [1.29, 1.82) is 0 Å². The highest BCUT2D eigenvalue weighted by molar-refractivity contribution is 6.03. The molecule has 0 saturated carbocycles. The second-order valence-corrected chi connectivity index (χ2v) is 14.9. The maximum atomic E-state index is 2.45. The van der Waals surface area contributed by atoms with Crippen LogP contribution in [0.15, 0.2) is 249 Å². The summed E-state index contributed by atoms with van der Waals surface area (Å²) in [6, 6.07) is 89.9. The minimum Gasteiger partial charge on any atom is -0.309 e. The van der Waals surface area contributed by atoms with Crippen LogP contribution in [0.25, 0.3) is 77.5 Å². The monoisotopic (exact) mass is 751 g/mol. The van der Waals surface area contributed by atoms with Crippen molar-refractivity contribution in [2.45, 2.75) is 0 Å². The fourth-order valence-corrected chi connectivity index (χ4v) is 8.40. The Morgan fingerprint density at radius 1 is 0.220 bits per heavy atom. The lowest BCUT2D eigenvalue weighted by molar-refractivity contribution is 1.30. The van der Waals surface area contributed by atoms with E-state index >= 15 is 0 Å². The lowest BCUT2D eigenvalue weighted by atomic mass is 9.86. The van der Waals surface area contributed by atoms with Crippen LogP contribution in [0.2, 0.25) is 0 Å². The molecule has 10 rings (SSSR count). The first-order valence-corrected chi connectivity index (χ1v) is 20.3. The maximum Gasteiger partial charge on any atom is 0.0540 e. The van der Waals surface area contributed by atoms with E-state index in [-0.39, 0.29) is 0 Å². The molecule has 10 aromatic carbocycles. The summed E-state index contributed by atoms with van der Waals surface area (Å²) in [5.41, 5.74) is 17.6. The maximum absolute atomic E-state index is 2.45. The molecule has 0 aliphatic rings. The van der Waals surface area contributed by atoms with Gasteiger partial charge in [0.2, 0.25) is 0 Å². The van der Waals surface area contributed by atoms with Gasteiger partial charge in [0.15, 0.2) is 0 Å². The standard InChI is InChI=1S/C58H41N/c1-4-17-42(18-5-1)44-31-33-45(34-32-44)46-35-38-50(39-36-46)59(57-30-16-24-48-23-10-11-26-52(48)57)58-29-15-14-28-55(58)56-41-49(43-19-6-2-7-20-43)37-40-54(56)53-27-13-12-25-51(53)47-21-8-3-9-22-47/h1-41H. The Hall–Kier alpha value is -7.74. The van der Waals surface area contributed by atoms with Crippen LogP contribution in [0.4, 0.5) is 17.1 Å². The van der Waals surface area contributed by atoms with Crippen LogP contribution >= 0.6 is 0 Å². The SMILES string of the molecule is c1ccc(-c2ccc(-c3ccc(N(c4ccccc4-c4cc(-c5ccccc5)ccc4-c4ccccc4-c4ccccc4)c4cccc5ccccc45)cc3)cc2)cc1. The van der Waals surface area contributed by atoms with Crippen LogP contribution in [-0.2, 0) is 0 Å². The predicted octanol–water partition coefficient (Wildman–Crippen LogP) is 16.3. The summed E-state index contributed by atoms with van der Waals surface area (Å²) < 4.78 is 0. The molecule has 0 spiro atoms. The number of para-hydroxylation sites is 1. The molecule has 0 heterocycles. The number of nitrogens with zero attached hydrogens (tertiary/aromatic N) is 1. The van der Waals surface area contributed by atoms with Gasteiger partial charge < -0.3 is 4.90 Å². The van der Waals surface area contributed by atoms with Crippen LogP contribution in [0.1, 0.15) is 0 Å². The Balaban J connectivity index is 1.16. The van der Waals surface area contributed by atoms with Crippen molar-refractivity contribution in [3.63, 3.8) is 0 Å². The number of hydrogen-bond acceptors (Lipinski definition) is 1. The van der Waals surface area contributed by atoms with E-state index in [1.807, 2.05) is 0 Å². The van der Waals surface area contributed by atoms with Gasteiger partial charge in [-0.3, -0.25) is 0 Å². The third-order valence-electron chi connectivity index (χ3n) is 11.3. The first-order chi connectivity index (χ1) is 29.3. The molecular formula is C58H41N. The van der Waals surface area contributed by atoms with E-state index in [0.29, 0.717) is 0 Å². The Morgan fingerprint density at radius 3 is 1.31 bits per heavy atom. The van der Waals surface area contributed by atoms with Crippen LogP contribution < -0.4 is 4.90 Å². The largest absolute Gasteiger partial charge is 0.309 e. The molecule has 0 radical (unpaired) electrons. The van der Waals surface area contributed by atoms with Crippen LogP contribution in [0, 0.1) is 0 Å². The average Bonchev–Trinajstić information content (AvgIpc) is 3.33. The third-order valence-corrected chi connectivity index (χ3v) is 11.3. The smallest absolute Gasteiger partial charge is 0.0540 e. The van der Waals surface area contributed by atoms with Gasteiger partial charge in [0.05, 0.1) is 11.4 Å². The van der Waals surface area contributed by atoms with E-state index in [1.54, 1.807) is 0 Å². The van der Waals surface area contributed by atoms with E-state index in [1.165, 1.54) is 72.0 Å². The first kappa shape index (κ1) is 35.7. The number of hydrogen-bond donors (Lipinski definition) is 0. The Kier molecular flexibility index (Phi) is 9.68. The van der Waals surface area contributed by atoms with Crippen LogP contribution in [0.5, 0.6) is 0 Å². The second kappa shape index (κ2) is 16.0. The van der Waals surface area contributed by atoms with Crippen molar-refractivity contribution in [2.24, 2.45) is 0 Å². The molecule has 0 fully saturated rings. The highest BCUT2D eigenvalue weighted by Crippen LogP contribution is 2.47. The molecule has 1 heteroatoms. The average molecular weight is 752 g/mol. The zero-order valence-electron chi connectivity index (χ0n) is 32.6. The van der Waals surface area contributed by atoms with Crippen molar-refractivity contribution < 1.29 is 0 Å². The number of benzene rings is 10.